The number of hydrogen-bond donors (Lipinski definition) is 1. The van der Waals surface area contributed by atoms with Crippen LogP contribution in [0.2, 0.25) is 0 Å². The average molecular weight is 427 g/mol. The van der Waals surface area contributed by atoms with E-state index in [4.69, 9.17) is 0 Å². The second-order valence-corrected chi connectivity index (χ2v) is 7.35. The monoisotopic (exact) mass is 427 g/mol. The van der Waals surface area contributed by atoms with Crippen molar-refractivity contribution in [1.29, 1.82) is 0 Å². The average Bonchev–Trinajstić information content (AvgIpc) is 3.23. The minimum atomic E-state index is -0.520. The van der Waals surface area contributed by atoms with Crippen LogP contribution in [0.1, 0.15) is 34.0 Å². The number of nitrogens with one attached hydrogen (secondary N) is 1. The predicted molar refractivity (Wildman–Crippen MR) is 123 cm³/mol. The molecule has 0 fully saturated rings. The number of allylic oxidation sites excluding steroid dienone is 1. The molecule has 1 amide bonds. The second-order valence-electron chi connectivity index (χ2n) is 7.35. The maximum Gasteiger partial charge on any atom is 0.258 e. The van der Waals surface area contributed by atoms with Crippen LogP contribution in [-0.2, 0) is 7.05 Å². The normalized spacial score (nSPS) is 11.4. The third-order valence-electron chi connectivity index (χ3n) is 5.31. The minimum Gasteiger partial charge on any atom is -0.334 e. The first-order chi connectivity index (χ1) is 15.5. The highest BCUT2D eigenvalue weighted by molar-refractivity contribution is 6.04. The van der Waals surface area contributed by atoms with Crippen molar-refractivity contribution in [2.45, 2.75) is 13.8 Å². The molecular formula is C25H22FN5O. The minimum absolute atomic E-state index is 0.179. The van der Waals surface area contributed by atoms with Gasteiger partial charge in [-0.3, -0.25) is 9.78 Å². The van der Waals surface area contributed by atoms with Crippen molar-refractivity contribution < 1.29 is 9.18 Å². The van der Waals surface area contributed by atoms with Crippen molar-refractivity contribution >= 4 is 17.3 Å². The van der Waals surface area contributed by atoms with Crippen LogP contribution < -0.4 is 5.32 Å². The van der Waals surface area contributed by atoms with E-state index in [0.29, 0.717) is 5.82 Å². The highest BCUT2D eigenvalue weighted by Gasteiger charge is 2.14. The molecule has 4 rings (SSSR count). The zero-order valence-corrected chi connectivity index (χ0v) is 18.0. The Kier molecular flexibility index (Phi) is 5.89. The Bertz CT molecular complexity index is 1290. The first-order valence-electron chi connectivity index (χ1n) is 10.1. The van der Waals surface area contributed by atoms with Crippen LogP contribution in [0.5, 0.6) is 0 Å². The van der Waals surface area contributed by atoms with Crippen LogP contribution in [0.25, 0.3) is 16.8 Å². The number of halogens is 1. The molecule has 3 aromatic heterocycles. The predicted octanol–water partition coefficient (Wildman–Crippen LogP) is 5.03. The quantitative estimate of drug-likeness (QED) is 0.485. The maximum absolute atomic E-state index is 13.7. The smallest absolute Gasteiger partial charge is 0.258 e. The molecule has 6 nitrogen and oxygen atoms in total. The van der Waals surface area contributed by atoms with E-state index >= 15 is 0 Å². The van der Waals surface area contributed by atoms with Crippen LogP contribution in [-0.4, -0.2) is 25.4 Å². The van der Waals surface area contributed by atoms with E-state index in [2.05, 4.69) is 44.5 Å². The summed E-state index contributed by atoms with van der Waals surface area (Å²) in [5.74, 6) is -0.593. The summed E-state index contributed by atoms with van der Waals surface area (Å²) in [6, 6.07) is 11.9. The molecule has 7 heteroatoms. The van der Waals surface area contributed by atoms with Gasteiger partial charge in [0.2, 0.25) is 0 Å². The maximum atomic E-state index is 13.7. The first-order valence-corrected chi connectivity index (χ1v) is 10.1. The molecule has 160 valence electrons. The van der Waals surface area contributed by atoms with Gasteiger partial charge in [0.15, 0.2) is 0 Å². The fraction of sp³-hybridized carbons (Fsp3) is 0.120. The fourth-order valence-electron chi connectivity index (χ4n) is 3.50. The summed E-state index contributed by atoms with van der Waals surface area (Å²) >= 11 is 0. The summed E-state index contributed by atoms with van der Waals surface area (Å²) in [6.07, 6.45) is 9.77. The Hall–Kier alpha value is -4.13. The molecule has 0 aliphatic rings. The van der Waals surface area contributed by atoms with E-state index in [1.165, 1.54) is 6.20 Å². The molecule has 4 aromatic rings. The van der Waals surface area contributed by atoms with Crippen LogP contribution >= 0.6 is 0 Å². The number of nitrogens with zero attached hydrogens (tertiary/aromatic N) is 4. The Balaban J connectivity index is 1.52. The zero-order valence-electron chi connectivity index (χ0n) is 18.0. The SMILES string of the molecule is CC=C(c1ccc(-c2cncn2C)cc1)c1ccc(NC(=O)c2cncc(F)c2C)nc1. The highest BCUT2D eigenvalue weighted by Crippen LogP contribution is 2.26. The number of pyridine rings is 2. The lowest BCUT2D eigenvalue weighted by Crippen LogP contribution is -2.15. The standard InChI is InChI=1S/C25H22FN5O/c1-4-20(17-5-7-18(8-6-17)23-14-28-15-31(23)3)19-9-10-24(29-11-19)30-25(32)21-12-27-13-22(26)16(21)2/h4-15H,1-3H3,(H,29,30,32). The van der Waals surface area contributed by atoms with Gasteiger partial charge in [0.25, 0.3) is 5.91 Å². The molecule has 0 saturated carbocycles. The van der Waals surface area contributed by atoms with Crippen molar-refractivity contribution in [2.75, 3.05) is 5.32 Å². The van der Waals surface area contributed by atoms with Crippen molar-refractivity contribution in [1.82, 2.24) is 19.5 Å². The number of anilines is 1. The highest BCUT2D eigenvalue weighted by atomic mass is 19.1. The van der Waals surface area contributed by atoms with Crippen LogP contribution in [0.4, 0.5) is 10.2 Å². The molecule has 3 heterocycles. The first kappa shape index (κ1) is 21.1. The topological polar surface area (TPSA) is 72.7 Å². The van der Waals surface area contributed by atoms with Crippen molar-refractivity contribution in [3.05, 3.63) is 102 Å². The van der Waals surface area contributed by atoms with Gasteiger partial charge >= 0.3 is 0 Å². The van der Waals surface area contributed by atoms with Gasteiger partial charge in [-0.15, -0.1) is 0 Å². The van der Waals surface area contributed by atoms with Gasteiger partial charge in [0.1, 0.15) is 11.6 Å². The number of imidazole rings is 1. The number of benzene rings is 1. The molecule has 0 aliphatic carbocycles. The summed E-state index contributed by atoms with van der Waals surface area (Å²) in [5.41, 5.74) is 5.56. The number of hydrogen-bond acceptors (Lipinski definition) is 4. The van der Waals surface area contributed by atoms with Crippen molar-refractivity contribution in [3.63, 3.8) is 0 Å². The molecule has 32 heavy (non-hydrogen) atoms. The molecule has 0 saturated heterocycles. The number of carbonyl (C=O) groups is 1. The molecule has 0 aliphatic heterocycles. The molecule has 0 atom stereocenters. The molecular weight excluding hydrogens is 405 g/mol. The van der Waals surface area contributed by atoms with Gasteiger partial charge < -0.3 is 9.88 Å². The Morgan fingerprint density at radius 3 is 2.38 bits per heavy atom. The summed E-state index contributed by atoms with van der Waals surface area (Å²) in [4.78, 5) is 24.7. The van der Waals surface area contributed by atoms with E-state index in [0.717, 1.165) is 34.2 Å². The van der Waals surface area contributed by atoms with E-state index in [1.54, 1.807) is 25.5 Å². The molecule has 1 N–H and O–H groups in total. The number of carbonyl (C=O) groups excluding carboxylic acids is 1. The largest absolute Gasteiger partial charge is 0.334 e. The summed E-state index contributed by atoms with van der Waals surface area (Å²) in [7, 11) is 1.96. The van der Waals surface area contributed by atoms with Crippen molar-refractivity contribution in [3.8, 4) is 11.3 Å². The van der Waals surface area contributed by atoms with Gasteiger partial charge in [0.05, 0.1) is 30.0 Å². The second kappa shape index (κ2) is 8.93. The summed E-state index contributed by atoms with van der Waals surface area (Å²) in [5, 5.41) is 2.69. The lowest BCUT2D eigenvalue weighted by atomic mass is 9.97. The zero-order chi connectivity index (χ0) is 22.7. The van der Waals surface area contributed by atoms with Gasteiger partial charge in [-0.2, -0.15) is 0 Å². The number of rotatable bonds is 5. The van der Waals surface area contributed by atoms with Crippen molar-refractivity contribution in [2.24, 2.45) is 7.05 Å². The molecule has 1 aromatic carbocycles. The third kappa shape index (κ3) is 4.18. The van der Waals surface area contributed by atoms with E-state index in [1.807, 2.05) is 36.9 Å². The Labute approximate surface area is 185 Å². The van der Waals surface area contributed by atoms with E-state index < -0.39 is 11.7 Å². The van der Waals surface area contributed by atoms with E-state index in [9.17, 15) is 9.18 Å². The van der Waals surface area contributed by atoms with E-state index in [-0.39, 0.29) is 11.1 Å². The summed E-state index contributed by atoms with van der Waals surface area (Å²) in [6.45, 7) is 3.51. The molecule has 0 unspecified atom stereocenters. The number of aromatic nitrogens is 4. The van der Waals surface area contributed by atoms with Crippen LogP contribution in [0.15, 0.2) is 73.6 Å². The number of amides is 1. The molecule has 0 bridgehead atoms. The Morgan fingerprint density at radius 1 is 1.00 bits per heavy atom. The lowest BCUT2D eigenvalue weighted by Gasteiger charge is -2.11. The molecule has 0 spiro atoms. The number of aryl methyl sites for hydroxylation is 1. The van der Waals surface area contributed by atoms with Gasteiger partial charge in [0, 0.05) is 30.6 Å². The van der Waals surface area contributed by atoms with Crippen LogP contribution in [0, 0.1) is 12.7 Å². The molecule has 0 radical (unpaired) electrons. The Morgan fingerprint density at radius 2 is 1.75 bits per heavy atom. The summed E-state index contributed by atoms with van der Waals surface area (Å²) < 4.78 is 15.7. The third-order valence-corrected chi connectivity index (χ3v) is 5.31. The fourth-order valence-corrected chi connectivity index (χ4v) is 3.50. The van der Waals surface area contributed by atoms with Gasteiger partial charge in [-0.05, 0) is 42.7 Å². The van der Waals surface area contributed by atoms with Crippen LogP contribution in [0.3, 0.4) is 0 Å². The lowest BCUT2D eigenvalue weighted by molar-refractivity contribution is 0.102. The van der Waals surface area contributed by atoms with Gasteiger partial charge in [-0.25, -0.2) is 14.4 Å². The van der Waals surface area contributed by atoms with Gasteiger partial charge in [-0.1, -0.05) is 30.3 Å².